The maximum absolute atomic E-state index is 12.3. The monoisotopic (exact) mass is 294 g/mol. The molecular formula is C10H13F3N4OS. The Morgan fingerprint density at radius 3 is 2.68 bits per heavy atom. The van der Waals surface area contributed by atoms with Crippen LogP contribution in [0.15, 0.2) is 0 Å². The lowest BCUT2D eigenvalue weighted by atomic mass is 9.86. The molecule has 1 amide bonds. The lowest BCUT2D eigenvalue weighted by molar-refractivity contribution is -0.138. The predicted octanol–water partition coefficient (Wildman–Crippen LogP) is 2.01. The van der Waals surface area contributed by atoms with Crippen molar-refractivity contribution in [2.75, 3.05) is 5.32 Å². The number of nitrogens with two attached hydrogens (primary N) is 1. The zero-order chi connectivity index (χ0) is 14.0. The second-order valence-corrected chi connectivity index (χ2v) is 5.50. The van der Waals surface area contributed by atoms with Crippen LogP contribution >= 0.6 is 11.3 Å². The Kier molecular flexibility index (Phi) is 4.04. The van der Waals surface area contributed by atoms with Gasteiger partial charge in [0.25, 0.3) is 0 Å². The van der Waals surface area contributed by atoms with Crippen molar-refractivity contribution in [3.63, 3.8) is 0 Å². The van der Waals surface area contributed by atoms with Gasteiger partial charge in [-0.15, -0.1) is 10.2 Å². The van der Waals surface area contributed by atoms with E-state index in [0.717, 1.165) is 12.8 Å². The summed E-state index contributed by atoms with van der Waals surface area (Å²) in [6, 6.07) is -0.0235. The van der Waals surface area contributed by atoms with E-state index in [0.29, 0.717) is 24.2 Å². The molecule has 3 N–H and O–H groups in total. The van der Waals surface area contributed by atoms with E-state index in [9.17, 15) is 18.0 Å². The van der Waals surface area contributed by atoms with Gasteiger partial charge in [0.05, 0.1) is 0 Å². The standard InChI is InChI=1S/C10H13F3N4OS/c11-10(12,13)8-16-17-9(19-8)15-7(18)5-2-1-3-6(14)4-5/h5-6H,1-4,14H2,(H,15,17,18). The maximum atomic E-state index is 12.3. The van der Waals surface area contributed by atoms with E-state index >= 15 is 0 Å². The molecule has 0 saturated heterocycles. The van der Waals surface area contributed by atoms with Gasteiger partial charge in [0.1, 0.15) is 0 Å². The first-order valence-corrected chi connectivity index (χ1v) is 6.65. The van der Waals surface area contributed by atoms with Crippen LogP contribution in [0.3, 0.4) is 0 Å². The third-order valence-electron chi connectivity index (χ3n) is 2.98. The van der Waals surface area contributed by atoms with Crippen molar-refractivity contribution >= 4 is 22.4 Å². The summed E-state index contributed by atoms with van der Waals surface area (Å²) in [7, 11) is 0. The molecule has 2 unspecified atom stereocenters. The molecule has 1 fully saturated rings. The molecule has 1 heterocycles. The highest BCUT2D eigenvalue weighted by Gasteiger charge is 2.36. The highest BCUT2D eigenvalue weighted by Crippen LogP contribution is 2.33. The number of aromatic nitrogens is 2. The summed E-state index contributed by atoms with van der Waals surface area (Å²) in [4.78, 5) is 11.9. The number of carbonyl (C=O) groups is 1. The molecule has 2 rings (SSSR count). The van der Waals surface area contributed by atoms with Crippen molar-refractivity contribution in [1.29, 1.82) is 0 Å². The minimum atomic E-state index is -4.53. The molecule has 106 valence electrons. The van der Waals surface area contributed by atoms with Gasteiger partial charge in [-0.25, -0.2) is 0 Å². The zero-order valence-electron chi connectivity index (χ0n) is 9.91. The van der Waals surface area contributed by atoms with Crippen LogP contribution in [0.5, 0.6) is 0 Å². The average Bonchev–Trinajstić information content (AvgIpc) is 2.77. The van der Waals surface area contributed by atoms with Crippen molar-refractivity contribution in [3.8, 4) is 0 Å². The molecule has 1 saturated carbocycles. The van der Waals surface area contributed by atoms with Crippen molar-refractivity contribution in [3.05, 3.63) is 5.01 Å². The van der Waals surface area contributed by atoms with Crippen molar-refractivity contribution in [2.45, 2.75) is 37.9 Å². The van der Waals surface area contributed by atoms with Crippen LogP contribution in [0.4, 0.5) is 18.3 Å². The van der Waals surface area contributed by atoms with E-state index in [2.05, 4.69) is 15.5 Å². The number of anilines is 1. The Morgan fingerprint density at radius 2 is 2.11 bits per heavy atom. The fourth-order valence-corrected chi connectivity index (χ4v) is 2.68. The lowest BCUT2D eigenvalue weighted by Gasteiger charge is -2.25. The van der Waals surface area contributed by atoms with Crippen LogP contribution in [0.1, 0.15) is 30.7 Å². The fraction of sp³-hybridized carbons (Fsp3) is 0.700. The maximum Gasteiger partial charge on any atom is 0.445 e. The molecule has 9 heteroatoms. The minimum absolute atomic E-state index is 0.0235. The molecule has 5 nitrogen and oxygen atoms in total. The SMILES string of the molecule is NC1CCCC(C(=O)Nc2nnc(C(F)(F)F)s2)C1. The van der Waals surface area contributed by atoms with Gasteiger partial charge < -0.3 is 11.1 Å². The largest absolute Gasteiger partial charge is 0.445 e. The van der Waals surface area contributed by atoms with E-state index in [4.69, 9.17) is 5.73 Å². The number of alkyl halides is 3. The molecule has 1 aliphatic rings. The Labute approximate surface area is 111 Å². The quantitative estimate of drug-likeness (QED) is 0.874. The van der Waals surface area contributed by atoms with Crippen LogP contribution in [0.25, 0.3) is 0 Å². The van der Waals surface area contributed by atoms with E-state index < -0.39 is 11.2 Å². The second kappa shape index (κ2) is 5.41. The lowest BCUT2D eigenvalue weighted by Crippen LogP contribution is -2.34. The molecule has 0 radical (unpaired) electrons. The average molecular weight is 294 g/mol. The Hall–Kier alpha value is -1.22. The summed E-state index contributed by atoms with van der Waals surface area (Å²) in [5.41, 5.74) is 5.76. The van der Waals surface area contributed by atoms with Crippen LogP contribution in [-0.2, 0) is 11.0 Å². The van der Waals surface area contributed by atoms with Gasteiger partial charge in [-0.05, 0) is 19.3 Å². The first-order valence-electron chi connectivity index (χ1n) is 5.83. The summed E-state index contributed by atoms with van der Waals surface area (Å²) in [5, 5.41) is 7.51. The number of hydrogen-bond donors (Lipinski definition) is 2. The topological polar surface area (TPSA) is 80.9 Å². The van der Waals surface area contributed by atoms with Crippen LogP contribution < -0.4 is 11.1 Å². The number of hydrogen-bond acceptors (Lipinski definition) is 5. The van der Waals surface area contributed by atoms with Crippen LogP contribution in [0, 0.1) is 5.92 Å². The number of nitrogens with zero attached hydrogens (tertiary/aromatic N) is 2. The van der Waals surface area contributed by atoms with Crippen LogP contribution in [-0.4, -0.2) is 22.1 Å². The van der Waals surface area contributed by atoms with E-state index in [1.165, 1.54) is 0 Å². The third kappa shape index (κ3) is 3.63. The number of halogens is 3. The van der Waals surface area contributed by atoms with Gasteiger partial charge in [-0.2, -0.15) is 13.2 Å². The summed E-state index contributed by atoms with van der Waals surface area (Å²) >= 11 is 0.323. The third-order valence-corrected chi connectivity index (χ3v) is 3.87. The molecule has 1 aromatic heterocycles. The predicted molar refractivity (Wildman–Crippen MR) is 63.5 cm³/mol. The molecule has 19 heavy (non-hydrogen) atoms. The highest BCUT2D eigenvalue weighted by molar-refractivity contribution is 7.15. The number of amides is 1. The van der Waals surface area contributed by atoms with E-state index in [-0.39, 0.29) is 23.0 Å². The van der Waals surface area contributed by atoms with E-state index in [1.807, 2.05) is 0 Å². The first-order chi connectivity index (χ1) is 8.86. The summed E-state index contributed by atoms with van der Waals surface area (Å²) < 4.78 is 37.0. The van der Waals surface area contributed by atoms with Crippen molar-refractivity contribution in [1.82, 2.24) is 10.2 Å². The summed E-state index contributed by atoms with van der Waals surface area (Å²) in [6.07, 6.45) is -1.56. The van der Waals surface area contributed by atoms with Gasteiger partial charge >= 0.3 is 6.18 Å². The van der Waals surface area contributed by atoms with Crippen LogP contribution in [0.2, 0.25) is 0 Å². The Bertz CT molecular complexity index is 462. The van der Waals surface area contributed by atoms with Gasteiger partial charge in [-0.3, -0.25) is 4.79 Å². The number of nitrogens with one attached hydrogen (secondary N) is 1. The molecule has 0 spiro atoms. The molecular weight excluding hydrogens is 281 g/mol. The summed E-state index contributed by atoms with van der Waals surface area (Å²) in [5.74, 6) is -0.595. The Morgan fingerprint density at radius 1 is 1.37 bits per heavy atom. The zero-order valence-corrected chi connectivity index (χ0v) is 10.7. The van der Waals surface area contributed by atoms with Crippen molar-refractivity contribution < 1.29 is 18.0 Å². The molecule has 1 aliphatic carbocycles. The van der Waals surface area contributed by atoms with Gasteiger partial charge in [0.2, 0.25) is 16.0 Å². The molecule has 0 aliphatic heterocycles. The summed E-state index contributed by atoms with van der Waals surface area (Å²) in [6.45, 7) is 0. The molecule has 2 atom stereocenters. The first kappa shape index (κ1) is 14.2. The molecule has 0 bridgehead atoms. The smallest absolute Gasteiger partial charge is 0.328 e. The van der Waals surface area contributed by atoms with Gasteiger partial charge in [0, 0.05) is 12.0 Å². The fourth-order valence-electron chi connectivity index (χ4n) is 2.06. The highest BCUT2D eigenvalue weighted by atomic mass is 32.1. The normalized spacial score (nSPS) is 24.2. The van der Waals surface area contributed by atoms with Gasteiger partial charge in [0.15, 0.2) is 0 Å². The van der Waals surface area contributed by atoms with Gasteiger partial charge in [-0.1, -0.05) is 17.8 Å². The minimum Gasteiger partial charge on any atom is -0.328 e. The Balaban J connectivity index is 1.97. The second-order valence-electron chi connectivity index (χ2n) is 4.52. The van der Waals surface area contributed by atoms with E-state index in [1.54, 1.807) is 0 Å². The number of rotatable bonds is 2. The molecule has 0 aromatic carbocycles. The molecule has 1 aromatic rings. The van der Waals surface area contributed by atoms with Crippen molar-refractivity contribution in [2.24, 2.45) is 11.7 Å². The number of carbonyl (C=O) groups excluding carboxylic acids is 1.